The van der Waals surface area contributed by atoms with E-state index in [9.17, 15) is 0 Å². The van der Waals surface area contributed by atoms with Gasteiger partial charge in [0.1, 0.15) is 0 Å². The minimum atomic E-state index is -0.0944. The van der Waals surface area contributed by atoms with Crippen molar-refractivity contribution >= 4 is 0 Å². The van der Waals surface area contributed by atoms with E-state index in [2.05, 4.69) is 37.9 Å². The average molecular weight is 226 g/mol. The van der Waals surface area contributed by atoms with Crippen molar-refractivity contribution in [3.8, 4) is 0 Å². The van der Waals surface area contributed by atoms with Crippen LogP contribution in [0.4, 0.5) is 0 Å². The zero-order valence-corrected chi connectivity index (χ0v) is 10.6. The Labute approximate surface area is 103 Å². The van der Waals surface area contributed by atoms with Gasteiger partial charge in [-0.05, 0) is 54.7 Å². The summed E-state index contributed by atoms with van der Waals surface area (Å²) < 4.78 is 0. The highest BCUT2D eigenvalue weighted by atomic mass is 14.7. The molecule has 0 saturated heterocycles. The summed E-state index contributed by atoms with van der Waals surface area (Å²) in [6, 6.07) is 8.23. The lowest BCUT2D eigenvalue weighted by Gasteiger charge is -2.16. The average Bonchev–Trinajstić information content (AvgIpc) is 2.34. The van der Waals surface area contributed by atoms with E-state index in [0.717, 1.165) is 5.56 Å². The molecule has 0 spiro atoms. The molecule has 1 atom stereocenters. The van der Waals surface area contributed by atoms with Gasteiger partial charge in [-0.3, -0.25) is 4.98 Å². The molecular formula is C15H18N2. The van der Waals surface area contributed by atoms with Crippen molar-refractivity contribution in [1.29, 1.82) is 0 Å². The molecule has 17 heavy (non-hydrogen) atoms. The lowest BCUT2D eigenvalue weighted by atomic mass is 9.93. The lowest BCUT2D eigenvalue weighted by molar-refractivity contribution is 0.851. The third-order valence-electron chi connectivity index (χ3n) is 3.26. The predicted molar refractivity (Wildman–Crippen MR) is 70.9 cm³/mol. The topological polar surface area (TPSA) is 38.9 Å². The maximum atomic E-state index is 6.30. The zero-order chi connectivity index (χ0) is 12.4. The minimum absolute atomic E-state index is 0.0944. The number of nitrogens with two attached hydrogens (primary N) is 1. The Morgan fingerprint density at radius 1 is 1.06 bits per heavy atom. The highest BCUT2D eigenvalue weighted by molar-refractivity contribution is 5.41. The minimum Gasteiger partial charge on any atom is -0.320 e. The van der Waals surface area contributed by atoms with Gasteiger partial charge in [0.15, 0.2) is 0 Å². The van der Waals surface area contributed by atoms with Crippen LogP contribution in [0.25, 0.3) is 0 Å². The zero-order valence-electron chi connectivity index (χ0n) is 10.6. The van der Waals surface area contributed by atoms with E-state index in [-0.39, 0.29) is 6.04 Å². The fourth-order valence-electron chi connectivity index (χ4n) is 2.06. The summed E-state index contributed by atoms with van der Waals surface area (Å²) in [7, 11) is 0. The van der Waals surface area contributed by atoms with Gasteiger partial charge in [-0.2, -0.15) is 0 Å². The van der Waals surface area contributed by atoms with Crippen LogP contribution in [-0.4, -0.2) is 4.98 Å². The lowest BCUT2D eigenvalue weighted by Crippen LogP contribution is -2.14. The van der Waals surface area contributed by atoms with Crippen molar-refractivity contribution in [1.82, 2.24) is 4.98 Å². The smallest absolute Gasteiger partial charge is 0.0569 e. The molecule has 0 amide bonds. The molecule has 2 aromatic rings. The summed E-state index contributed by atoms with van der Waals surface area (Å²) in [5, 5.41) is 0. The normalized spacial score (nSPS) is 12.5. The Kier molecular flexibility index (Phi) is 3.25. The molecule has 1 unspecified atom stereocenters. The third kappa shape index (κ3) is 2.37. The Bertz CT molecular complexity index is 518. The highest BCUT2D eigenvalue weighted by Crippen LogP contribution is 2.24. The van der Waals surface area contributed by atoms with Crippen LogP contribution in [0, 0.1) is 20.8 Å². The van der Waals surface area contributed by atoms with Crippen LogP contribution in [0.2, 0.25) is 0 Å². The fraction of sp³-hybridized carbons (Fsp3) is 0.267. The first-order valence-corrected chi connectivity index (χ1v) is 5.83. The molecule has 2 N–H and O–H groups in total. The van der Waals surface area contributed by atoms with Gasteiger partial charge in [-0.25, -0.2) is 0 Å². The number of aromatic nitrogens is 1. The summed E-state index contributed by atoms with van der Waals surface area (Å²) >= 11 is 0. The second-order valence-corrected chi connectivity index (χ2v) is 4.56. The maximum Gasteiger partial charge on any atom is 0.0569 e. The van der Waals surface area contributed by atoms with E-state index in [4.69, 9.17) is 5.73 Å². The van der Waals surface area contributed by atoms with Crippen LogP contribution in [0.5, 0.6) is 0 Å². The number of benzene rings is 1. The van der Waals surface area contributed by atoms with Crippen molar-refractivity contribution in [3.63, 3.8) is 0 Å². The first kappa shape index (κ1) is 11.8. The number of hydrogen-bond acceptors (Lipinski definition) is 2. The predicted octanol–water partition coefficient (Wildman–Crippen LogP) is 3.05. The summed E-state index contributed by atoms with van der Waals surface area (Å²) in [6.45, 7) is 6.36. The fourth-order valence-corrected chi connectivity index (χ4v) is 2.06. The SMILES string of the molecule is Cc1cc(C)c(C(N)c2cccnc2)cc1C. The summed E-state index contributed by atoms with van der Waals surface area (Å²) in [6.07, 6.45) is 3.60. The maximum absolute atomic E-state index is 6.30. The Morgan fingerprint density at radius 3 is 2.41 bits per heavy atom. The number of rotatable bonds is 2. The Hall–Kier alpha value is -1.67. The number of pyridine rings is 1. The molecular weight excluding hydrogens is 208 g/mol. The van der Waals surface area contributed by atoms with Crippen molar-refractivity contribution in [2.45, 2.75) is 26.8 Å². The van der Waals surface area contributed by atoms with Gasteiger partial charge < -0.3 is 5.73 Å². The third-order valence-corrected chi connectivity index (χ3v) is 3.26. The molecule has 1 heterocycles. The Balaban J connectivity index is 2.44. The number of nitrogens with zero attached hydrogens (tertiary/aromatic N) is 1. The summed E-state index contributed by atoms with van der Waals surface area (Å²) in [5.41, 5.74) is 12.4. The van der Waals surface area contributed by atoms with Crippen molar-refractivity contribution in [2.75, 3.05) is 0 Å². The van der Waals surface area contributed by atoms with E-state index >= 15 is 0 Å². The van der Waals surface area contributed by atoms with Crippen LogP contribution in [0.1, 0.15) is 33.9 Å². The largest absolute Gasteiger partial charge is 0.320 e. The van der Waals surface area contributed by atoms with Gasteiger partial charge in [0, 0.05) is 12.4 Å². The van der Waals surface area contributed by atoms with Crippen molar-refractivity contribution in [3.05, 3.63) is 64.5 Å². The van der Waals surface area contributed by atoms with Gasteiger partial charge in [0.2, 0.25) is 0 Å². The van der Waals surface area contributed by atoms with Crippen LogP contribution < -0.4 is 5.73 Å². The molecule has 1 aromatic carbocycles. The molecule has 0 aliphatic rings. The molecule has 0 fully saturated rings. The quantitative estimate of drug-likeness (QED) is 0.854. The van der Waals surface area contributed by atoms with Gasteiger partial charge in [0.05, 0.1) is 6.04 Å². The molecule has 0 bridgehead atoms. The molecule has 2 nitrogen and oxygen atoms in total. The van der Waals surface area contributed by atoms with Crippen LogP contribution in [-0.2, 0) is 0 Å². The number of hydrogen-bond donors (Lipinski definition) is 1. The van der Waals surface area contributed by atoms with Crippen molar-refractivity contribution < 1.29 is 0 Å². The number of aryl methyl sites for hydroxylation is 3. The molecule has 0 saturated carbocycles. The first-order chi connectivity index (χ1) is 8.09. The van der Waals surface area contributed by atoms with Crippen molar-refractivity contribution in [2.24, 2.45) is 5.73 Å². The summed E-state index contributed by atoms with van der Waals surface area (Å²) in [5.74, 6) is 0. The van der Waals surface area contributed by atoms with Gasteiger partial charge in [-0.1, -0.05) is 18.2 Å². The standard InChI is InChI=1S/C15H18N2/c1-10-7-12(3)14(8-11(10)2)15(16)13-5-4-6-17-9-13/h4-9,15H,16H2,1-3H3. The van der Waals surface area contributed by atoms with Gasteiger partial charge >= 0.3 is 0 Å². The van der Waals surface area contributed by atoms with Crippen LogP contribution >= 0.6 is 0 Å². The molecule has 0 aliphatic heterocycles. The first-order valence-electron chi connectivity index (χ1n) is 5.83. The highest BCUT2D eigenvalue weighted by Gasteiger charge is 2.12. The van der Waals surface area contributed by atoms with E-state index in [1.54, 1.807) is 6.20 Å². The van der Waals surface area contributed by atoms with E-state index in [1.165, 1.54) is 22.3 Å². The molecule has 2 rings (SSSR count). The molecule has 0 radical (unpaired) electrons. The molecule has 0 aliphatic carbocycles. The Morgan fingerprint density at radius 2 is 1.76 bits per heavy atom. The second kappa shape index (κ2) is 4.68. The monoisotopic (exact) mass is 226 g/mol. The van der Waals surface area contributed by atoms with Gasteiger partial charge in [0.25, 0.3) is 0 Å². The van der Waals surface area contributed by atoms with Crippen LogP contribution in [0.15, 0.2) is 36.7 Å². The molecule has 1 aromatic heterocycles. The summed E-state index contributed by atoms with van der Waals surface area (Å²) in [4.78, 5) is 4.12. The van der Waals surface area contributed by atoms with Crippen LogP contribution in [0.3, 0.4) is 0 Å². The molecule has 2 heteroatoms. The second-order valence-electron chi connectivity index (χ2n) is 4.56. The van der Waals surface area contributed by atoms with Gasteiger partial charge in [-0.15, -0.1) is 0 Å². The van der Waals surface area contributed by atoms with E-state index in [1.807, 2.05) is 18.3 Å². The molecule has 88 valence electrons. The van der Waals surface area contributed by atoms with E-state index < -0.39 is 0 Å². The van der Waals surface area contributed by atoms with E-state index in [0.29, 0.717) is 0 Å².